The van der Waals surface area contributed by atoms with Crippen molar-refractivity contribution in [3.63, 3.8) is 0 Å². The minimum atomic E-state index is -2.97. The summed E-state index contributed by atoms with van der Waals surface area (Å²) in [6, 6.07) is 0. The zero-order valence-corrected chi connectivity index (χ0v) is 8.15. The van der Waals surface area contributed by atoms with E-state index in [1.54, 1.807) is 0 Å². The summed E-state index contributed by atoms with van der Waals surface area (Å²) in [5, 5.41) is -0.601. The lowest BCUT2D eigenvalue weighted by Gasteiger charge is -2.09. The second-order valence-electron chi connectivity index (χ2n) is 3.46. The van der Waals surface area contributed by atoms with Gasteiger partial charge in [0, 0.05) is 0 Å². The zero-order chi connectivity index (χ0) is 9.03. The first kappa shape index (κ1) is 9.99. The Morgan fingerprint density at radius 1 is 1.00 bits per heavy atom. The van der Waals surface area contributed by atoms with Crippen LogP contribution >= 0.6 is 0 Å². The van der Waals surface area contributed by atoms with Crippen molar-refractivity contribution in [3.05, 3.63) is 0 Å². The van der Waals surface area contributed by atoms with E-state index >= 15 is 0 Å². The van der Waals surface area contributed by atoms with Crippen LogP contribution in [0.5, 0.6) is 0 Å². The summed E-state index contributed by atoms with van der Waals surface area (Å²) >= 11 is 0. The third-order valence-electron chi connectivity index (χ3n) is 2.38. The van der Waals surface area contributed by atoms with Crippen molar-refractivity contribution in [2.24, 2.45) is 5.73 Å². The summed E-state index contributed by atoms with van der Waals surface area (Å²) in [7, 11) is -2.97. The van der Waals surface area contributed by atoms with Crippen LogP contribution in [0.4, 0.5) is 0 Å². The van der Waals surface area contributed by atoms with Crippen LogP contribution in [0.25, 0.3) is 0 Å². The van der Waals surface area contributed by atoms with Crippen LogP contribution in [0.2, 0.25) is 0 Å². The van der Waals surface area contributed by atoms with Gasteiger partial charge in [0.15, 0.2) is 9.84 Å². The molecule has 1 saturated heterocycles. The first-order chi connectivity index (χ1) is 5.63. The van der Waals surface area contributed by atoms with Gasteiger partial charge in [-0.25, -0.2) is 8.42 Å². The van der Waals surface area contributed by atoms with Gasteiger partial charge in [0.2, 0.25) is 0 Å². The van der Waals surface area contributed by atoms with Gasteiger partial charge in [-0.05, 0) is 12.8 Å². The number of sulfone groups is 1. The molecule has 0 radical (unpaired) electrons. The molecule has 0 aromatic rings. The first-order valence-electron chi connectivity index (χ1n) is 4.60. The molecule has 72 valence electrons. The van der Waals surface area contributed by atoms with Crippen molar-refractivity contribution in [1.82, 2.24) is 0 Å². The van der Waals surface area contributed by atoms with Crippen molar-refractivity contribution in [2.45, 2.75) is 43.9 Å². The van der Waals surface area contributed by atoms with Gasteiger partial charge < -0.3 is 5.73 Å². The third kappa shape index (κ3) is 2.75. The van der Waals surface area contributed by atoms with E-state index in [0.717, 1.165) is 32.1 Å². The lowest BCUT2D eigenvalue weighted by atomic mass is 10.1. The van der Waals surface area contributed by atoms with Crippen LogP contribution < -0.4 is 5.73 Å². The Morgan fingerprint density at radius 3 is 2.33 bits per heavy atom. The van der Waals surface area contributed by atoms with Crippen molar-refractivity contribution >= 4 is 9.84 Å². The number of nitrogens with two attached hydrogens (primary N) is 1. The molecule has 0 amide bonds. The molecule has 1 heterocycles. The SMILES string of the molecule is NC1CCCCCCCS1(=O)=O. The van der Waals surface area contributed by atoms with Gasteiger partial charge in [-0.2, -0.15) is 0 Å². The van der Waals surface area contributed by atoms with Crippen molar-refractivity contribution in [3.8, 4) is 0 Å². The predicted molar refractivity (Wildman–Crippen MR) is 49.5 cm³/mol. The fourth-order valence-corrected chi connectivity index (χ4v) is 2.95. The van der Waals surface area contributed by atoms with Crippen LogP contribution in [-0.4, -0.2) is 19.5 Å². The second-order valence-corrected chi connectivity index (χ2v) is 5.80. The summed E-state index contributed by atoms with van der Waals surface area (Å²) in [4.78, 5) is 0. The summed E-state index contributed by atoms with van der Waals surface area (Å²) in [5.74, 6) is 0.286. The van der Waals surface area contributed by atoms with E-state index in [2.05, 4.69) is 0 Å². The zero-order valence-electron chi connectivity index (χ0n) is 7.33. The fraction of sp³-hybridized carbons (Fsp3) is 1.00. The standard InChI is InChI=1S/C8H17NO2S/c9-8-6-4-2-1-3-5-7-12(8,10)11/h8H,1-7,9H2. The molecule has 0 aromatic heterocycles. The van der Waals surface area contributed by atoms with Gasteiger partial charge in [-0.3, -0.25) is 0 Å². The average molecular weight is 191 g/mol. The quantitative estimate of drug-likeness (QED) is 0.622. The predicted octanol–water partition coefficient (Wildman–Crippen LogP) is 1.04. The van der Waals surface area contributed by atoms with Gasteiger partial charge in [0.05, 0.1) is 5.75 Å². The van der Waals surface area contributed by atoms with Gasteiger partial charge in [-0.15, -0.1) is 0 Å². The minimum absolute atomic E-state index is 0.286. The van der Waals surface area contributed by atoms with E-state index in [1.165, 1.54) is 0 Å². The summed E-state index contributed by atoms with van der Waals surface area (Å²) in [6.07, 6.45) is 5.70. The van der Waals surface area contributed by atoms with Crippen LogP contribution in [0.1, 0.15) is 38.5 Å². The topological polar surface area (TPSA) is 60.2 Å². The molecule has 1 aliphatic rings. The van der Waals surface area contributed by atoms with Crippen LogP contribution in [0.15, 0.2) is 0 Å². The fourth-order valence-electron chi connectivity index (χ4n) is 1.51. The largest absolute Gasteiger partial charge is 0.315 e. The Bertz CT molecular complexity index is 223. The van der Waals surface area contributed by atoms with E-state index in [0.29, 0.717) is 6.42 Å². The van der Waals surface area contributed by atoms with E-state index < -0.39 is 15.2 Å². The van der Waals surface area contributed by atoms with E-state index in [9.17, 15) is 8.42 Å². The molecule has 0 spiro atoms. The van der Waals surface area contributed by atoms with Crippen molar-refractivity contribution in [1.29, 1.82) is 0 Å². The summed E-state index contributed by atoms with van der Waals surface area (Å²) in [6.45, 7) is 0. The lowest BCUT2D eigenvalue weighted by Crippen LogP contribution is -2.32. The van der Waals surface area contributed by atoms with Gasteiger partial charge >= 0.3 is 0 Å². The van der Waals surface area contributed by atoms with E-state index in [-0.39, 0.29) is 5.75 Å². The molecule has 1 atom stereocenters. The van der Waals surface area contributed by atoms with Gasteiger partial charge in [0.1, 0.15) is 5.37 Å². The summed E-state index contributed by atoms with van der Waals surface area (Å²) in [5.41, 5.74) is 5.56. The van der Waals surface area contributed by atoms with Crippen LogP contribution in [0, 0.1) is 0 Å². The minimum Gasteiger partial charge on any atom is -0.315 e. The first-order valence-corrected chi connectivity index (χ1v) is 6.31. The Morgan fingerprint density at radius 2 is 1.58 bits per heavy atom. The monoisotopic (exact) mass is 191 g/mol. The van der Waals surface area contributed by atoms with Crippen LogP contribution in [-0.2, 0) is 9.84 Å². The number of rotatable bonds is 0. The lowest BCUT2D eigenvalue weighted by molar-refractivity contribution is 0.567. The highest BCUT2D eigenvalue weighted by Crippen LogP contribution is 2.15. The second kappa shape index (κ2) is 4.23. The maximum absolute atomic E-state index is 11.4. The van der Waals surface area contributed by atoms with E-state index in [4.69, 9.17) is 5.73 Å². The highest BCUT2D eigenvalue weighted by Gasteiger charge is 2.21. The molecular formula is C8H17NO2S. The molecule has 1 unspecified atom stereocenters. The van der Waals surface area contributed by atoms with Crippen molar-refractivity contribution in [2.75, 3.05) is 5.75 Å². The van der Waals surface area contributed by atoms with Gasteiger partial charge in [-0.1, -0.05) is 25.7 Å². The molecule has 1 rings (SSSR count). The molecule has 0 aromatic carbocycles. The number of hydrogen-bond acceptors (Lipinski definition) is 3. The molecule has 1 aliphatic heterocycles. The Balaban J connectivity index is 2.60. The Kier molecular flexibility index (Phi) is 3.53. The normalized spacial score (nSPS) is 31.6. The molecule has 1 fully saturated rings. The summed E-state index contributed by atoms with van der Waals surface area (Å²) < 4.78 is 22.8. The molecule has 12 heavy (non-hydrogen) atoms. The smallest absolute Gasteiger partial charge is 0.165 e. The molecule has 3 nitrogen and oxygen atoms in total. The molecule has 0 aliphatic carbocycles. The van der Waals surface area contributed by atoms with Gasteiger partial charge in [0.25, 0.3) is 0 Å². The molecule has 4 heteroatoms. The van der Waals surface area contributed by atoms with E-state index in [1.807, 2.05) is 0 Å². The van der Waals surface area contributed by atoms with Crippen molar-refractivity contribution < 1.29 is 8.42 Å². The molecule has 0 bridgehead atoms. The molecule has 2 N–H and O–H groups in total. The highest BCUT2D eigenvalue weighted by atomic mass is 32.2. The van der Waals surface area contributed by atoms with Crippen LogP contribution in [0.3, 0.4) is 0 Å². The highest BCUT2D eigenvalue weighted by molar-refractivity contribution is 7.91. The molecular weight excluding hydrogens is 174 g/mol. The molecule has 0 saturated carbocycles. The maximum atomic E-state index is 11.4. The Hall–Kier alpha value is -0.0900. The maximum Gasteiger partial charge on any atom is 0.165 e. The third-order valence-corrected chi connectivity index (χ3v) is 4.39. The average Bonchev–Trinajstić information content (AvgIpc) is 2.06. The Labute approximate surface area is 74.3 Å². The number of hydrogen-bond donors (Lipinski definition) is 1.